The highest BCUT2D eigenvalue weighted by Gasteiger charge is 2.44. The molecule has 2 fully saturated rings. The number of ketones is 1. The van der Waals surface area contributed by atoms with Crippen molar-refractivity contribution in [3.63, 3.8) is 0 Å². The second-order valence-electron chi connectivity index (χ2n) is 9.14. The van der Waals surface area contributed by atoms with E-state index in [1.54, 1.807) is 11.0 Å². The highest BCUT2D eigenvalue weighted by atomic mass is 19.4. The van der Waals surface area contributed by atoms with Crippen LogP contribution in [0, 0.1) is 5.92 Å². The minimum absolute atomic E-state index is 0.0134. The summed E-state index contributed by atoms with van der Waals surface area (Å²) >= 11 is 0. The monoisotopic (exact) mass is 411 g/mol. The van der Waals surface area contributed by atoms with Crippen LogP contribution < -0.4 is 0 Å². The molecule has 0 N–H and O–H groups in total. The van der Waals surface area contributed by atoms with Crippen molar-refractivity contribution in [1.82, 2.24) is 4.90 Å². The molecule has 4 nitrogen and oxygen atoms in total. The topological polar surface area (TPSA) is 46.6 Å². The molecule has 2 aliphatic rings. The van der Waals surface area contributed by atoms with Gasteiger partial charge >= 0.3 is 12.3 Å². The molecule has 0 aliphatic carbocycles. The summed E-state index contributed by atoms with van der Waals surface area (Å²) in [5.41, 5.74) is -0.939. The highest BCUT2D eigenvalue weighted by molar-refractivity contribution is 5.84. The number of benzene rings is 1. The molecular formula is C22H28F3NO3. The first-order valence-corrected chi connectivity index (χ1v) is 10.1. The fourth-order valence-corrected chi connectivity index (χ4v) is 4.46. The normalized spacial score (nSPS) is 24.9. The molecule has 2 saturated heterocycles. The first kappa shape index (κ1) is 21.7. The lowest BCUT2D eigenvalue weighted by Crippen LogP contribution is -2.56. The van der Waals surface area contributed by atoms with Gasteiger partial charge in [-0.1, -0.05) is 18.2 Å². The Morgan fingerprint density at radius 2 is 1.72 bits per heavy atom. The Hall–Kier alpha value is -2.05. The Morgan fingerprint density at radius 3 is 2.28 bits per heavy atom. The van der Waals surface area contributed by atoms with E-state index in [1.165, 1.54) is 6.07 Å². The molecule has 2 bridgehead atoms. The fraction of sp³-hybridized carbons (Fsp3) is 0.636. The maximum Gasteiger partial charge on any atom is 0.416 e. The van der Waals surface area contributed by atoms with Crippen molar-refractivity contribution >= 4 is 11.9 Å². The number of carbonyl (C=O) groups is 2. The zero-order valence-corrected chi connectivity index (χ0v) is 17.1. The molecule has 0 spiro atoms. The Morgan fingerprint density at radius 1 is 1.10 bits per heavy atom. The van der Waals surface area contributed by atoms with E-state index in [0.29, 0.717) is 18.4 Å². The zero-order chi connectivity index (χ0) is 21.4. The number of ether oxygens (including phenoxy) is 1. The number of piperidine rings is 2. The van der Waals surface area contributed by atoms with E-state index >= 15 is 0 Å². The summed E-state index contributed by atoms with van der Waals surface area (Å²) in [6, 6.07) is 4.86. The number of carbonyl (C=O) groups excluding carboxylic acids is 2. The quantitative estimate of drug-likeness (QED) is 0.670. The molecule has 7 heteroatoms. The van der Waals surface area contributed by atoms with Gasteiger partial charge in [-0.2, -0.15) is 13.2 Å². The molecule has 3 rings (SSSR count). The van der Waals surface area contributed by atoms with Crippen molar-refractivity contribution in [2.75, 3.05) is 0 Å². The van der Waals surface area contributed by atoms with Gasteiger partial charge in [-0.25, -0.2) is 4.79 Å². The number of Topliss-reactive ketones (excluding diaryl/α,β-unsaturated/α-hetero) is 1. The molecule has 2 heterocycles. The SMILES string of the molecule is CC(C)(C)OC(=O)N1C2CCCC1CC(C(=O)Cc1cccc(C(F)(F)F)c1)C2. The van der Waals surface area contributed by atoms with Gasteiger partial charge in [0.15, 0.2) is 0 Å². The average Bonchev–Trinajstić information content (AvgIpc) is 2.58. The van der Waals surface area contributed by atoms with Crippen LogP contribution in [0.15, 0.2) is 24.3 Å². The van der Waals surface area contributed by atoms with E-state index in [9.17, 15) is 22.8 Å². The van der Waals surface area contributed by atoms with Gasteiger partial charge in [0.25, 0.3) is 0 Å². The van der Waals surface area contributed by atoms with E-state index in [-0.39, 0.29) is 36.3 Å². The van der Waals surface area contributed by atoms with Gasteiger partial charge in [0.05, 0.1) is 5.56 Å². The molecule has 0 radical (unpaired) electrons. The van der Waals surface area contributed by atoms with Crippen molar-refractivity contribution in [1.29, 1.82) is 0 Å². The predicted molar refractivity (Wildman–Crippen MR) is 102 cm³/mol. The van der Waals surface area contributed by atoms with Crippen molar-refractivity contribution in [2.45, 2.75) is 83.2 Å². The molecule has 2 unspecified atom stereocenters. The second kappa shape index (κ2) is 8.00. The van der Waals surface area contributed by atoms with E-state index in [0.717, 1.165) is 31.4 Å². The van der Waals surface area contributed by atoms with Gasteiger partial charge in [-0.3, -0.25) is 4.79 Å². The summed E-state index contributed by atoms with van der Waals surface area (Å²) in [7, 11) is 0. The smallest absolute Gasteiger partial charge is 0.416 e. The van der Waals surface area contributed by atoms with E-state index < -0.39 is 17.3 Å². The average molecular weight is 411 g/mol. The lowest BCUT2D eigenvalue weighted by atomic mass is 9.76. The van der Waals surface area contributed by atoms with Crippen LogP contribution in [0.3, 0.4) is 0 Å². The third kappa shape index (κ3) is 5.31. The lowest BCUT2D eigenvalue weighted by molar-refractivity contribution is -0.137. The Balaban J connectivity index is 1.68. The standard InChI is InChI=1S/C22H28F3NO3/c1-21(2,3)29-20(28)26-17-8-5-9-18(26)13-15(12-17)19(27)11-14-6-4-7-16(10-14)22(23,24)25/h4,6-7,10,15,17-18H,5,8-9,11-13H2,1-3H3. The summed E-state index contributed by atoms with van der Waals surface area (Å²) in [4.78, 5) is 27.3. The molecule has 160 valence electrons. The van der Waals surface area contributed by atoms with Crippen molar-refractivity contribution in [3.05, 3.63) is 35.4 Å². The van der Waals surface area contributed by atoms with Crippen molar-refractivity contribution < 1.29 is 27.5 Å². The number of nitrogens with zero attached hydrogens (tertiary/aromatic N) is 1. The van der Waals surface area contributed by atoms with Crippen LogP contribution >= 0.6 is 0 Å². The Labute approximate surface area is 169 Å². The van der Waals surface area contributed by atoms with Crippen LogP contribution in [0.4, 0.5) is 18.0 Å². The summed E-state index contributed by atoms with van der Waals surface area (Å²) in [6.45, 7) is 5.48. The van der Waals surface area contributed by atoms with E-state index in [2.05, 4.69) is 0 Å². The molecular weight excluding hydrogens is 383 g/mol. The highest BCUT2D eigenvalue weighted by Crippen LogP contribution is 2.39. The van der Waals surface area contributed by atoms with Crippen molar-refractivity contribution in [2.24, 2.45) is 5.92 Å². The summed E-state index contributed by atoms with van der Waals surface area (Å²) in [5, 5.41) is 0. The number of fused-ring (bicyclic) bond motifs is 2. The van der Waals surface area contributed by atoms with Gasteiger partial charge in [0.2, 0.25) is 0 Å². The molecule has 2 aliphatic heterocycles. The van der Waals surface area contributed by atoms with Gasteiger partial charge in [0, 0.05) is 24.4 Å². The van der Waals surface area contributed by atoms with Crippen LogP contribution in [0.2, 0.25) is 0 Å². The zero-order valence-electron chi connectivity index (χ0n) is 17.1. The lowest BCUT2D eigenvalue weighted by Gasteiger charge is -2.48. The van der Waals surface area contributed by atoms with E-state index in [1.807, 2.05) is 20.8 Å². The van der Waals surface area contributed by atoms with Crippen LogP contribution in [0.25, 0.3) is 0 Å². The molecule has 1 aromatic carbocycles. The van der Waals surface area contributed by atoms with Gasteiger partial charge in [-0.05, 0) is 64.5 Å². The summed E-state index contributed by atoms with van der Waals surface area (Å²) in [5.74, 6) is -0.288. The second-order valence-corrected chi connectivity index (χ2v) is 9.14. The van der Waals surface area contributed by atoms with Crippen LogP contribution in [0.5, 0.6) is 0 Å². The number of hydrogen-bond acceptors (Lipinski definition) is 3. The van der Waals surface area contributed by atoms with Crippen LogP contribution in [0.1, 0.15) is 64.0 Å². The number of alkyl halides is 3. The molecule has 2 atom stereocenters. The molecule has 0 saturated carbocycles. The summed E-state index contributed by atoms with van der Waals surface area (Å²) < 4.78 is 44.3. The largest absolute Gasteiger partial charge is 0.444 e. The molecule has 0 aromatic heterocycles. The predicted octanol–water partition coefficient (Wildman–Crippen LogP) is 5.39. The van der Waals surface area contributed by atoms with Crippen LogP contribution in [-0.2, 0) is 22.1 Å². The minimum atomic E-state index is -4.42. The first-order chi connectivity index (χ1) is 13.4. The third-order valence-corrected chi connectivity index (χ3v) is 5.67. The number of rotatable bonds is 3. The van der Waals surface area contributed by atoms with Crippen molar-refractivity contribution in [3.8, 4) is 0 Å². The minimum Gasteiger partial charge on any atom is -0.444 e. The molecule has 1 aromatic rings. The molecule has 1 amide bonds. The maximum absolute atomic E-state index is 12.9. The van der Waals surface area contributed by atoms with E-state index in [4.69, 9.17) is 4.74 Å². The van der Waals surface area contributed by atoms with Crippen LogP contribution in [-0.4, -0.2) is 34.5 Å². The number of amides is 1. The first-order valence-electron chi connectivity index (χ1n) is 10.1. The Bertz CT molecular complexity index is 755. The third-order valence-electron chi connectivity index (χ3n) is 5.67. The number of hydrogen-bond donors (Lipinski definition) is 0. The summed E-state index contributed by atoms with van der Waals surface area (Å²) in [6.07, 6.45) is -1.03. The Kier molecular flexibility index (Phi) is 5.97. The number of halogens is 3. The fourth-order valence-electron chi connectivity index (χ4n) is 4.46. The van der Waals surface area contributed by atoms with Gasteiger partial charge < -0.3 is 9.64 Å². The maximum atomic E-state index is 12.9. The molecule has 29 heavy (non-hydrogen) atoms. The van der Waals surface area contributed by atoms with Gasteiger partial charge in [0.1, 0.15) is 11.4 Å². The van der Waals surface area contributed by atoms with Gasteiger partial charge in [-0.15, -0.1) is 0 Å².